The molecule has 2 N–H and O–H groups in total. The lowest BCUT2D eigenvalue weighted by atomic mass is 10.1. The van der Waals surface area contributed by atoms with E-state index in [2.05, 4.69) is 25.4 Å². The molecular weight excluding hydrogens is 413 g/mol. The Kier molecular flexibility index (Phi) is 4.64. The van der Waals surface area contributed by atoms with E-state index in [0.717, 1.165) is 12.1 Å². The topological polar surface area (TPSA) is 97.7 Å². The van der Waals surface area contributed by atoms with Crippen molar-refractivity contribution < 1.29 is 22.7 Å². The van der Waals surface area contributed by atoms with E-state index in [1.54, 1.807) is 7.05 Å². The summed E-state index contributed by atoms with van der Waals surface area (Å²) < 4.78 is 46.4. The first-order valence-corrected chi connectivity index (χ1v) is 9.31. The number of amides is 1. The van der Waals surface area contributed by atoms with Crippen LogP contribution in [0, 0.1) is 0 Å². The van der Waals surface area contributed by atoms with E-state index in [1.807, 2.05) is 20.8 Å². The highest BCUT2D eigenvalue weighted by Crippen LogP contribution is 2.35. The van der Waals surface area contributed by atoms with E-state index in [0.29, 0.717) is 11.2 Å². The summed E-state index contributed by atoms with van der Waals surface area (Å²) in [5.41, 5.74) is 0.337. The number of aryl methyl sites for hydroxylation is 1. The van der Waals surface area contributed by atoms with Gasteiger partial charge in [-0.3, -0.25) is 4.68 Å². The number of carbonyl (C=O) groups excluding carboxylic acids is 1. The van der Waals surface area contributed by atoms with Gasteiger partial charge in [-0.1, -0.05) is 0 Å². The van der Waals surface area contributed by atoms with E-state index < -0.39 is 23.4 Å². The number of rotatable bonds is 2. The molecule has 0 atom stereocenters. The molecule has 0 saturated carbocycles. The van der Waals surface area contributed by atoms with Crippen LogP contribution in [0.3, 0.4) is 0 Å². The molecule has 4 aromatic rings. The van der Waals surface area contributed by atoms with Gasteiger partial charge in [-0.2, -0.15) is 18.3 Å². The molecule has 3 heterocycles. The zero-order valence-electron chi connectivity index (χ0n) is 17.1. The smallest absolute Gasteiger partial charge is 0.406 e. The third kappa shape index (κ3) is 4.03. The zero-order chi connectivity index (χ0) is 22.6. The maximum atomic E-state index is 13.2. The lowest BCUT2D eigenvalue weighted by Gasteiger charge is -2.19. The molecule has 0 saturated heterocycles. The van der Waals surface area contributed by atoms with Gasteiger partial charge in [0, 0.05) is 24.2 Å². The average molecular weight is 432 g/mol. The average Bonchev–Trinajstić information content (AvgIpc) is 3.20. The van der Waals surface area contributed by atoms with Gasteiger partial charge in [0.1, 0.15) is 11.4 Å². The molecule has 1 aromatic carbocycles. The molecule has 4 rings (SSSR count). The van der Waals surface area contributed by atoms with Gasteiger partial charge in [-0.05, 0) is 39.0 Å². The van der Waals surface area contributed by atoms with Crippen LogP contribution in [0.5, 0.6) is 5.75 Å². The molecule has 0 aliphatic rings. The summed E-state index contributed by atoms with van der Waals surface area (Å²) in [7, 11) is 1.63. The number of halogens is 3. The largest absolute Gasteiger partial charge is 0.416 e. The van der Waals surface area contributed by atoms with E-state index in [4.69, 9.17) is 4.74 Å². The van der Waals surface area contributed by atoms with Crippen LogP contribution in [0.25, 0.3) is 33.5 Å². The second kappa shape index (κ2) is 6.96. The van der Waals surface area contributed by atoms with Gasteiger partial charge < -0.3 is 15.0 Å². The Morgan fingerprint density at radius 2 is 1.97 bits per heavy atom. The summed E-state index contributed by atoms with van der Waals surface area (Å²) in [5, 5.41) is 7.29. The monoisotopic (exact) mass is 432 g/mol. The predicted molar refractivity (Wildman–Crippen MR) is 108 cm³/mol. The summed E-state index contributed by atoms with van der Waals surface area (Å²) in [4.78, 5) is 23.7. The first kappa shape index (κ1) is 20.6. The number of hydrogen-bond donors (Lipinski definition) is 2. The van der Waals surface area contributed by atoms with Gasteiger partial charge in [0.05, 0.1) is 17.3 Å². The fourth-order valence-corrected chi connectivity index (χ4v) is 3.12. The van der Waals surface area contributed by atoms with Crippen LogP contribution in [0.15, 0.2) is 30.6 Å². The Labute approximate surface area is 174 Å². The molecule has 0 aliphatic carbocycles. The van der Waals surface area contributed by atoms with Crippen LogP contribution in [0.2, 0.25) is 0 Å². The highest BCUT2D eigenvalue weighted by Gasteiger charge is 2.31. The van der Waals surface area contributed by atoms with Gasteiger partial charge in [-0.25, -0.2) is 14.8 Å². The van der Waals surface area contributed by atoms with E-state index in [-0.39, 0.29) is 28.0 Å². The number of nitrogens with zero attached hydrogens (tertiary/aromatic N) is 4. The zero-order valence-corrected chi connectivity index (χ0v) is 17.1. The molecule has 0 fully saturated rings. The quantitative estimate of drug-likeness (QED) is 0.489. The molecule has 3 aromatic heterocycles. The molecule has 0 aliphatic heterocycles. The lowest BCUT2D eigenvalue weighted by Crippen LogP contribution is -2.42. The van der Waals surface area contributed by atoms with Crippen molar-refractivity contribution in [3.05, 3.63) is 36.2 Å². The SMILES string of the molecule is Cn1nc(-c2cnc3[nH]cc(OC(=O)NC(C)(C)C)c3n2)c2cc(C(F)(F)F)ccc21. The van der Waals surface area contributed by atoms with Crippen molar-refractivity contribution in [2.24, 2.45) is 7.05 Å². The van der Waals surface area contributed by atoms with Crippen molar-refractivity contribution in [1.82, 2.24) is 30.0 Å². The van der Waals surface area contributed by atoms with Crippen LogP contribution < -0.4 is 10.1 Å². The van der Waals surface area contributed by atoms with Gasteiger partial charge in [0.25, 0.3) is 0 Å². The molecule has 31 heavy (non-hydrogen) atoms. The predicted octanol–water partition coefficient (Wildman–Crippen LogP) is 4.42. The number of alkyl halides is 3. The Morgan fingerprint density at radius 3 is 2.65 bits per heavy atom. The van der Waals surface area contributed by atoms with Gasteiger partial charge in [-0.15, -0.1) is 0 Å². The maximum absolute atomic E-state index is 13.2. The molecule has 162 valence electrons. The van der Waals surface area contributed by atoms with E-state index in [1.165, 1.54) is 23.1 Å². The van der Waals surface area contributed by atoms with Crippen molar-refractivity contribution in [3.63, 3.8) is 0 Å². The number of benzene rings is 1. The Morgan fingerprint density at radius 1 is 1.23 bits per heavy atom. The molecule has 11 heteroatoms. The van der Waals surface area contributed by atoms with Crippen LogP contribution in [0.1, 0.15) is 26.3 Å². The minimum Gasteiger partial charge on any atom is -0.406 e. The Hall–Kier alpha value is -3.63. The van der Waals surface area contributed by atoms with Crippen molar-refractivity contribution in [1.29, 1.82) is 0 Å². The van der Waals surface area contributed by atoms with Crippen LogP contribution in [-0.2, 0) is 13.2 Å². The van der Waals surface area contributed by atoms with Crippen molar-refractivity contribution in [2.75, 3.05) is 0 Å². The van der Waals surface area contributed by atoms with Crippen molar-refractivity contribution >= 4 is 28.2 Å². The second-order valence-electron chi connectivity index (χ2n) is 8.07. The highest BCUT2D eigenvalue weighted by atomic mass is 19.4. The third-order valence-corrected chi connectivity index (χ3v) is 4.45. The summed E-state index contributed by atoms with van der Waals surface area (Å²) in [6.07, 6.45) is -2.31. The normalized spacial score (nSPS) is 12.5. The molecule has 8 nitrogen and oxygen atoms in total. The van der Waals surface area contributed by atoms with E-state index in [9.17, 15) is 18.0 Å². The Bertz CT molecular complexity index is 1300. The number of fused-ring (bicyclic) bond motifs is 2. The number of aromatic amines is 1. The number of nitrogens with one attached hydrogen (secondary N) is 2. The fourth-order valence-electron chi connectivity index (χ4n) is 3.12. The minimum absolute atomic E-state index is 0.141. The van der Waals surface area contributed by atoms with Crippen molar-refractivity contribution in [2.45, 2.75) is 32.5 Å². The molecule has 0 spiro atoms. The molecular formula is C20H19F3N6O2. The molecule has 0 radical (unpaired) electrons. The van der Waals surface area contributed by atoms with E-state index >= 15 is 0 Å². The number of hydrogen-bond acceptors (Lipinski definition) is 5. The summed E-state index contributed by atoms with van der Waals surface area (Å²) >= 11 is 0. The summed E-state index contributed by atoms with van der Waals surface area (Å²) in [6.45, 7) is 5.42. The number of H-pyrrole nitrogens is 1. The summed E-state index contributed by atoms with van der Waals surface area (Å²) in [6, 6.07) is 3.41. The molecule has 0 unspecified atom stereocenters. The molecule has 0 bridgehead atoms. The second-order valence-corrected chi connectivity index (χ2v) is 8.07. The third-order valence-electron chi connectivity index (χ3n) is 4.45. The van der Waals surface area contributed by atoms with Crippen molar-refractivity contribution in [3.8, 4) is 17.1 Å². The van der Waals surface area contributed by atoms with Crippen LogP contribution in [0.4, 0.5) is 18.0 Å². The van der Waals surface area contributed by atoms with Gasteiger partial charge in [0.15, 0.2) is 16.9 Å². The standard InChI is InChI=1S/C20H19F3N6O2/c1-19(2,3)27-18(30)31-14-9-25-17-16(14)26-12(8-24-17)15-11-7-10(20(21,22)23)5-6-13(11)29(4)28-15/h5-9H,1-4H3,(H,24,25)(H,27,30). The minimum atomic E-state index is -4.49. The number of aromatic nitrogens is 5. The first-order chi connectivity index (χ1) is 14.4. The van der Waals surface area contributed by atoms with Gasteiger partial charge in [0.2, 0.25) is 0 Å². The van der Waals surface area contributed by atoms with Crippen LogP contribution >= 0.6 is 0 Å². The first-order valence-electron chi connectivity index (χ1n) is 9.31. The number of ether oxygens (including phenoxy) is 1. The van der Waals surface area contributed by atoms with Gasteiger partial charge >= 0.3 is 12.3 Å². The maximum Gasteiger partial charge on any atom is 0.416 e. The fraction of sp³-hybridized carbons (Fsp3) is 0.300. The Balaban J connectivity index is 1.78. The lowest BCUT2D eigenvalue weighted by molar-refractivity contribution is -0.137. The van der Waals surface area contributed by atoms with Crippen LogP contribution in [-0.4, -0.2) is 36.4 Å². The highest BCUT2D eigenvalue weighted by molar-refractivity contribution is 5.94. The summed E-state index contributed by atoms with van der Waals surface area (Å²) in [5.74, 6) is 0.141. The molecule has 1 amide bonds. The number of carbonyl (C=O) groups is 1.